The molecule has 0 N–H and O–H groups in total. The van der Waals surface area contributed by atoms with Crippen molar-refractivity contribution in [3.63, 3.8) is 0 Å². The minimum atomic E-state index is -0.0994. The summed E-state index contributed by atoms with van der Waals surface area (Å²) in [4.78, 5) is 17.4. The molecule has 1 amide bonds. The number of carbonyl (C=O) groups is 1. The fourth-order valence-corrected chi connectivity index (χ4v) is 4.62. The van der Waals surface area contributed by atoms with Gasteiger partial charge in [-0.25, -0.2) is 0 Å². The van der Waals surface area contributed by atoms with Crippen LogP contribution in [-0.2, 0) is 17.1 Å². The number of benzene rings is 2. The van der Waals surface area contributed by atoms with Crippen molar-refractivity contribution in [2.45, 2.75) is 26.1 Å². The Kier molecular flexibility index (Phi) is 6.52. The summed E-state index contributed by atoms with van der Waals surface area (Å²) in [7, 11) is 0. The van der Waals surface area contributed by atoms with Crippen molar-refractivity contribution in [1.29, 1.82) is 0 Å². The second-order valence-corrected chi connectivity index (χ2v) is 7.64. The van der Waals surface area contributed by atoms with E-state index >= 15 is 0 Å². The van der Waals surface area contributed by atoms with Crippen LogP contribution in [0.2, 0.25) is 0 Å². The normalized spacial score (nSPS) is 11.8. The fraction of sp³-hybridized carbons (Fsp3) is 0.300. The Morgan fingerprint density at radius 3 is 2.69 bits per heavy atom. The van der Waals surface area contributed by atoms with Gasteiger partial charge < -0.3 is 9.30 Å². The summed E-state index contributed by atoms with van der Waals surface area (Å²) < 4.78 is 8.89. The first kappa shape index (κ1) is 18.7. The van der Waals surface area contributed by atoms with Crippen LogP contribution < -0.4 is 9.54 Å². The Bertz CT molecular complexity index is 945. The maximum atomic E-state index is 12.3. The van der Waals surface area contributed by atoms with E-state index in [0.717, 1.165) is 33.1 Å². The van der Waals surface area contributed by atoms with Crippen molar-refractivity contribution < 1.29 is 9.53 Å². The van der Waals surface area contributed by atoms with Crippen LogP contribution in [-0.4, -0.2) is 22.8 Å². The maximum absolute atomic E-state index is 12.3. The van der Waals surface area contributed by atoms with E-state index in [9.17, 15) is 4.79 Å². The van der Waals surface area contributed by atoms with Gasteiger partial charge in [-0.1, -0.05) is 47.7 Å². The molecule has 0 fully saturated rings. The summed E-state index contributed by atoms with van der Waals surface area (Å²) in [5.74, 6) is 1.94. The number of amides is 1. The highest BCUT2D eigenvalue weighted by Gasteiger charge is 2.11. The lowest BCUT2D eigenvalue weighted by molar-refractivity contribution is -0.115. The molecule has 1 aromatic heterocycles. The topological polar surface area (TPSA) is 43.6 Å². The summed E-state index contributed by atoms with van der Waals surface area (Å²) in [6.07, 6.45) is 0. The number of hydrogen-bond acceptors (Lipinski definition) is 4. The lowest BCUT2D eigenvalue weighted by Crippen LogP contribution is -2.17. The van der Waals surface area contributed by atoms with Crippen molar-refractivity contribution in [2.24, 2.45) is 4.99 Å². The van der Waals surface area contributed by atoms with Gasteiger partial charge in [0.15, 0.2) is 4.80 Å². The molecule has 136 valence electrons. The number of carbonyl (C=O) groups excluding carboxylic acids is 1. The number of aryl methyl sites for hydroxylation is 1. The molecule has 0 aliphatic rings. The van der Waals surface area contributed by atoms with Crippen molar-refractivity contribution in [1.82, 2.24) is 4.57 Å². The highest BCUT2D eigenvalue weighted by Crippen LogP contribution is 2.27. The summed E-state index contributed by atoms with van der Waals surface area (Å²) in [5.41, 5.74) is 2.24. The first-order chi connectivity index (χ1) is 12.7. The molecule has 1 heterocycles. The van der Waals surface area contributed by atoms with Gasteiger partial charge in [0.05, 0.1) is 17.1 Å². The molecule has 0 saturated carbocycles. The van der Waals surface area contributed by atoms with Gasteiger partial charge in [-0.05, 0) is 31.5 Å². The number of thiazole rings is 1. The largest absolute Gasteiger partial charge is 0.492 e. The molecule has 3 aromatic rings. The highest BCUT2D eigenvalue weighted by atomic mass is 32.2. The average molecular weight is 387 g/mol. The second kappa shape index (κ2) is 9.05. The smallest absolute Gasteiger partial charge is 0.258 e. The van der Waals surface area contributed by atoms with Crippen molar-refractivity contribution in [3.8, 4) is 5.75 Å². The molecule has 6 heteroatoms. The van der Waals surface area contributed by atoms with E-state index in [2.05, 4.69) is 28.6 Å². The van der Waals surface area contributed by atoms with Crippen LogP contribution in [0.15, 0.2) is 53.5 Å². The van der Waals surface area contributed by atoms with E-state index < -0.39 is 0 Å². The van der Waals surface area contributed by atoms with Crippen LogP contribution in [0, 0.1) is 0 Å². The van der Waals surface area contributed by atoms with E-state index in [4.69, 9.17) is 4.74 Å². The SMILES string of the molecule is CCOc1cccc2sc(=NC(=O)CSCc3ccccc3)n(CC)c12. The Morgan fingerprint density at radius 2 is 1.96 bits per heavy atom. The zero-order valence-electron chi connectivity index (χ0n) is 15.0. The zero-order chi connectivity index (χ0) is 18.4. The zero-order valence-corrected chi connectivity index (χ0v) is 16.6. The Hall–Kier alpha value is -2.05. The summed E-state index contributed by atoms with van der Waals surface area (Å²) >= 11 is 3.13. The van der Waals surface area contributed by atoms with Crippen LogP contribution in [0.4, 0.5) is 0 Å². The van der Waals surface area contributed by atoms with Gasteiger partial charge in [0.25, 0.3) is 5.91 Å². The molecule has 0 spiro atoms. The third-order valence-corrected chi connectivity index (χ3v) is 5.87. The van der Waals surface area contributed by atoms with E-state index in [-0.39, 0.29) is 5.91 Å². The van der Waals surface area contributed by atoms with E-state index in [0.29, 0.717) is 12.4 Å². The number of aromatic nitrogens is 1. The number of hydrogen-bond donors (Lipinski definition) is 0. The van der Waals surface area contributed by atoms with Crippen LogP contribution in [0.5, 0.6) is 5.75 Å². The van der Waals surface area contributed by atoms with E-state index in [1.807, 2.05) is 43.3 Å². The standard InChI is InChI=1S/C20H22N2O2S2/c1-3-22-19-16(24-4-2)11-8-12-17(19)26-20(22)21-18(23)14-25-13-15-9-6-5-7-10-15/h5-12H,3-4,13-14H2,1-2H3. The molecule has 0 saturated heterocycles. The molecule has 4 nitrogen and oxygen atoms in total. The summed E-state index contributed by atoms with van der Waals surface area (Å²) in [6, 6.07) is 16.1. The van der Waals surface area contributed by atoms with Crippen molar-refractivity contribution in [2.75, 3.05) is 12.4 Å². The number of ether oxygens (including phenoxy) is 1. The number of para-hydroxylation sites is 1. The lowest BCUT2D eigenvalue weighted by Gasteiger charge is -2.07. The maximum Gasteiger partial charge on any atom is 0.258 e. The predicted octanol–water partition coefficient (Wildman–Crippen LogP) is 4.48. The van der Waals surface area contributed by atoms with Gasteiger partial charge >= 0.3 is 0 Å². The van der Waals surface area contributed by atoms with Gasteiger partial charge in [-0.3, -0.25) is 4.79 Å². The fourth-order valence-electron chi connectivity index (χ4n) is 2.72. The molecule has 0 radical (unpaired) electrons. The quantitative estimate of drug-likeness (QED) is 0.601. The molecule has 0 atom stereocenters. The third kappa shape index (κ3) is 4.37. The molecular formula is C20H22N2O2S2. The summed E-state index contributed by atoms with van der Waals surface area (Å²) in [5, 5.41) is 0. The van der Waals surface area contributed by atoms with Crippen LogP contribution in [0.1, 0.15) is 19.4 Å². The highest BCUT2D eigenvalue weighted by molar-refractivity contribution is 7.99. The Labute approximate surface area is 161 Å². The van der Waals surface area contributed by atoms with Gasteiger partial charge in [0.2, 0.25) is 0 Å². The number of fused-ring (bicyclic) bond motifs is 1. The minimum Gasteiger partial charge on any atom is -0.492 e. The molecule has 0 bridgehead atoms. The van der Waals surface area contributed by atoms with Crippen LogP contribution >= 0.6 is 23.1 Å². The molecule has 2 aromatic carbocycles. The number of rotatable bonds is 7. The first-order valence-corrected chi connectivity index (χ1v) is 10.6. The Morgan fingerprint density at radius 1 is 1.15 bits per heavy atom. The van der Waals surface area contributed by atoms with Gasteiger partial charge in [-0.15, -0.1) is 11.8 Å². The van der Waals surface area contributed by atoms with Crippen LogP contribution in [0.25, 0.3) is 10.2 Å². The van der Waals surface area contributed by atoms with Gasteiger partial charge in [0.1, 0.15) is 11.3 Å². The van der Waals surface area contributed by atoms with E-state index in [1.54, 1.807) is 11.8 Å². The van der Waals surface area contributed by atoms with Gasteiger partial charge in [0, 0.05) is 12.3 Å². The molecule has 0 aliphatic heterocycles. The molecule has 26 heavy (non-hydrogen) atoms. The number of nitrogens with zero attached hydrogens (tertiary/aromatic N) is 2. The Balaban J connectivity index is 1.80. The number of thioether (sulfide) groups is 1. The minimum absolute atomic E-state index is 0.0994. The van der Waals surface area contributed by atoms with Crippen molar-refractivity contribution >= 4 is 39.2 Å². The monoisotopic (exact) mass is 386 g/mol. The average Bonchev–Trinajstić information content (AvgIpc) is 3.00. The molecular weight excluding hydrogens is 364 g/mol. The molecule has 0 unspecified atom stereocenters. The van der Waals surface area contributed by atoms with Gasteiger partial charge in [-0.2, -0.15) is 4.99 Å². The van der Waals surface area contributed by atoms with E-state index in [1.165, 1.54) is 16.9 Å². The summed E-state index contributed by atoms with van der Waals surface area (Å²) in [6.45, 7) is 5.39. The third-order valence-electron chi connectivity index (χ3n) is 3.84. The second-order valence-electron chi connectivity index (χ2n) is 5.65. The molecule has 0 aliphatic carbocycles. The molecule has 3 rings (SSSR count). The van der Waals surface area contributed by atoms with Crippen LogP contribution in [0.3, 0.4) is 0 Å². The van der Waals surface area contributed by atoms with Crippen molar-refractivity contribution in [3.05, 3.63) is 58.9 Å². The predicted molar refractivity (Wildman–Crippen MR) is 110 cm³/mol. The lowest BCUT2D eigenvalue weighted by atomic mass is 10.2. The first-order valence-electron chi connectivity index (χ1n) is 8.67.